The fourth-order valence-electron chi connectivity index (χ4n) is 2.63. The molecule has 2 rings (SSSR count). The number of nitrogens with zero attached hydrogens (tertiary/aromatic N) is 2. The smallest absolute Gasteiger partial charge is 0.0594 e. The third-order valence-corrected chi connectivity index (χ3v) is 4.46. The minimum Gasteiger partial charge on any atom is -0.379 e. The molecule has 0 radical (unpaired) electrons. The molecule has 112 valence electrons. The van der Waals surface area contributed by atoms with E-state index in [9.17, 15) is 0 Å². The molecule has 4 nitrogen and oxygen atoms in total. The second kappa shape index (κ2) is 6.66. The largest absolute Gasteiger partial charge is 0.379 e. The van der Waals surface area contributed by atoms with Crippen LogP contribution in [0.15, 0.2) is 18.3 Å². The van der Waals surface area contributed by atoms with E-state index < -0.39 is 0 Å². The Bertz CT molecular complexity index is 410. The minimum absolute atomic E-state index is 0.0328. The highest BCUT2D eigenvalue weighted by Crippen LogP contribution is 2.21. The van der Waals surface area contributed by atoms with Gasteiger partial charge < -0.3 is 10.5 Å². The van der Waals surface area contributed by atoms with Gasteiger partial charge in [0.2, 0.25) is 0 Å². The van der Waals surface area contributed by atoms with E-state index in [1.165, 1.54) is 5.56 Å². The number of pyridine rings is 1. The molecule has 0 saturated carbocycles. The van der Waals surface area contributed by atoms with E-state index in [0.29, 0.717) is 0 Å². The molecule has 0 aliphatic carbocycles. The molecule has 1 atom stereocenters. The van der Waals surface area contributed by atoms with Crippen LogP contribution in [0.1, 0.15) is 32.0 Å². The molecule has 0 bridgehead atoms. The van der Waals surface area contributed by atoms with Crippen LogP contribution in [0, 0.1) is 0 Å². The fourth-order valence-corrected chi connectivity index (χ4v) is 2.63. The van der Waals surface area contributed by atoms with E-state index in [1.54, 1.807) is 0 Å². The van der Waals surface area contributed by atoms with Crippen LogP contribution in [0.5, 0.6) is 0 Å². The van der Waals surface area contributed by atoms with Crippen LogP contribution < -0.4 is 5.73 Å². The summed E-state index contributed by atoms with van der Waals surface area (Å²) in [6, 6.07) is 4.32. The van der Waals surface area contributed by atoms with Crippen LogP contribution in [0.3, 0.4) is 0 Å². The highest BCUT2D eigenvalue weighted by molar-refractivity contribution is 5.15. The van der Waals surface area contributed by atoms with Crippen molar-refractivity contribution in [3.05, 3.63) is 29.6 Å². The molecule has 1 aliphatic rings. The Morgan fingerprint density at radius 2 is 2.05 bits per heavy atom. The Hall–Kier alpha value is -0.970. The lowest BCUT2D eigenvalue weighted by Gasteiger charge is -2.44. The first kappa shape index (κ1) is 15.4. The summed E-state index contributed by atoms with van der Waals surface area (Å²) < 4.78 is 5.42. The van der Waals surface area contributed by atoms with Crippen molar-refractivity contribution in [1.29, 1.82) is 0 Å². The summed E-state index contributed by atoms with van der Waals surface area (Å²) in [6.07, 6.45) is 3.80. The fraction of sp³-hybridized carbons (Fsp3) is 0.688. The van der Waals surface area contributed by atoms with Crippen molar-refractivity contribution in [2.24, 2.45) is 5.73 Å². The standard InChI is InChI=1S/C16H27N3O/c1-4-13-5-6-14(18-12-13)11-15(17)16(2,3)19-7-9-20-10-8-19/h5-6,12,15H,4,7-11,17H2,1-3H3. The van der Waals surface area contributed by atoms with Gasteiger partial charge in [-0.2, -0.15) is 0 Å². The van der Waals surface area contributed by atoms with Gasteiger partial charge >= 0.3 is 0 Å². The van der Waals surface area contributed by atoms with E-state index in [0.717, 1.165) is 44.8 Å². The first-order valence-corrected chi connectivity index (χ1v) is 7.56. The van der Waals surface area contributed by atoms with Gasteiger partial charge in [0.15, 0.2) is 0 Å². The zero-order valence-electron chi connectivity index (χ0n) is 12.9. The summed E-state index contributed by atoms with van der Waals surface area (Å²) in [6.45, 7) is 10.1. The summed E-state index contributed by atoms with van der Waals surface area (Å²) in [7, 11) is 0. The third-order valence-electron chi connectivity index (χ3n) is 4.46. The Morgan fingerprint density at radius 1 is 1.35 bits per heavy atom. The summed E-state index contributed by atoms with van der Waals surface area (Å²) in [5.74, 6) is 0. The van der Waals surface area contributed by atoms with Gasteiger partial charge in [-0.3, -0.25) is 9.88 Å². The molecule has 2 N–H and O–H groups in total. The van der Waals surface area contributed by atoms with Crippen molar-refractivity contribution in [3.8, 4) is 0 Å². The molecular formula is C16H27N3O. The lowest BCUT2D eigenvalue weighted by atomic mass is 9.89. The van der Waals surface area contributed by atoms with E-state index in [4.69, 9.17) is 10.5 Å². The molecular weight excluding hydrogens is 250 g/mol. The lowest BCUT2D eigenvalue weighted by Crippen LogP contribution is -2.59. The van der Waals surface area contributed by atoms with Gasteiger partial charge in [0.05, 0.1) is 13.2 Å². The highest BCUT2D eigenvalue weighted by atomic mass is 16.5. The number of rotatable bonds is 5. The SMILES string of the molecule is CCc1ccc(CC(N)C(C)(C)N2CCOCC2)nc1. The van der Waals surface area contributed by atoms with Crippen molar-refractivity contribution >= 4 is 0 Å². The molecule has 4 heteroatoms. The van der Waals surface area contributed by atoms with E-state index in [1.807, 2.05) is 6.20 Å². The summed E-state index contributed by atoms with van der Waals surface area (Å²) in [5, 5.41) is 0. The maximum absolute atomic E-state index is 6.46. The lowest BCUT2D eigenvalue weighted by molar-refractivity contribution is -0.0187. The summed E-state index contributed by atoms with van der Waals surface area (Å²) >= 11 is 0. The molecule has 1 aliphatic heterocycles. The van der Waals surface area contributed by atoms with Gasteiger partial charge in [-0.25, -0.2) is 0 Å². The Kier molecular flexibility index (Phi) is 5.13. The number of morpholine rings is 1. The number of aromatic nitrogens is 1. The van der Waals surface area contributed by atoms with Gasteiger partial charge in [0, 0.05) is 43.0 Å². The van der Waals surface area contributed by atoms with Crippen LogP contribution in [0.25, 0.3) is 0 Å². The number of ether oxygens (including phenoxy) is 1. The topological polar surface area (TPSA) is 51.4 Å². The number of aryl methyl sites for hydroxylation is 1. The zero-order chi connectivity index (χ0) is 14.6. The average molecular weight is 277 g/mol. The number of nitrogens with two attached hydrogens (primary N) is 1. The molecule has 1 aromatic rings. The second-order valence-electron chi connectivity index (χ2n) is 6.08. The predicted molar refractivity (Wildman–Crippen MR) is 81.8 cm³/mol. The molecule has 0 spiro atoms. The van der Waals surface area contributed by atoms with Crippen molar-refractivity contribution in [2.75, 3.05) is 26.3 Å². The Morgan fingerprint density at radius 3 is 2.60 bits per heavy atom. The third kappa shape index (κ3) is 3.57. The van der Waals surface area contributed by atoms with Gasteiger partial charge in [-0.05, 0) is 31.9 Å². The maximum atomic E-state index is 6.46. The number of hydrogen-bond donors (Lipinski definition) is 1. The normalized spacial score (nSPS) is 19.0. The van der Waals surface area contributed by atoms with E-state index in [2.05, 4.69) is 42.8 Å². The van der Waals surface area contributed by atoms with Crippen LogP contribution in [0.4, 0.5) is 0 Å². The molecule has 1 saturated heterocycles. The number of hydrogen-bond acceptors (Lipinski definition) is 4. The van der Waals surface area contributed by atoms with E-state index in [-0.39, 0.29) is 11.6 Å². The molecule has 2 heterocycles. The minimum atomic E-state index is -0.0328. The predicted octanol–water partition coefficient (Wildman–Crippen LogP) is 1.62. The zero-order valence-corrected chi connectivity index (χ0v) is 12.9. The van der Waals surface area contributed by atoms with Crippen LogP contribution in [-0.4, -0.2) is 47.8 Å². The van der Waals surface area contributed by atoms with Crippen molar-refractivity contribution in [2.45, 2.75) is 45.2 Å². The second-order valence-corrected chi connectivity index (χ2v) is 6.08. The van der Waals surface area contributed by atoms with Crippen molar-refractivity contribution in [3.63, 3.8) is 0 Å². The maximum Gasteiger partial charge on any atom is 0.0594 e. The molecule has 0 amide bonds. The monoisotopic (exact) mass is 277 g/mol. The molecule has 1 aromatic heterocycles. The first-order chi connectivity index (χ1) is 9.54. The van der Waals surface area contributed by atoms with Crippen molar-refractivity contribution in [1.82, 2.24) is 9.88 Å². The van der Waals surface area contributed by atoms with Gasteiger partial charge in [0.25, 0.3) is 0 Å². The average Bonchev–Trinajstić information content (AvgIpc) is 2.49. The first-order valence-electron chi connectivity index (χ1n) is 7.56. The van der Waals surface area contributed by atoms with Gasteiger partial charge in [0.1, 0.15) is 0 Å². The molecule has 1 fully saturated rings. The quantitative estimate of drug-likeness (QED) is 0.888. The van der Waals surface area contributed by atoms with Crippen LogP contribution >= 0.6 is 0 Å². The summed E-state index contributed by atoms with van der Waals surface area (Å²) in [4.78, 5) is 6.96. The summed E-state index contributed by atoms with van der Waals surface area (Å²) in [5.41, 5.74) is 8.78. The van der Waals surface area contributed by atoms with E-state index >= 15 is 0 Å². The highest BCUT2D eigenvalue weighted by Gasteiger charge is 2.34. The molecule has 0 aromatic carbocycles. The molecule has 1 unspecified atom stereocenters. The van der Waals surface area contributed by atoms with Crippen LogP contribution in [0.2, 0.25) is 0 Å². The van der Waals surface area contributed by atoms with Gasteiger partial charge in [-0.15, -0.1) is 0 Å². The molecule has 20 heavy (non-hydrogen) atoms. The van der Waals surface area contributed by atoms with Gasteiger partial charge in [-0.1, -0.05) is 13.0 Å². The Labute approximate surface area is 122 Å². The van der Waals surface area contributed by atoms with Crippen LogP contribution in [-0.2, 0) is 17.6 Å². The Balaban J connectivity index is 1.99. The van der Waals surface area contributed by atoms with Crippen molar-refractivity contribution < 1.29 is 4.74 Å².